The summed E-state index contributed by atoms with van der Waals surface area (Å²) in [6.45, 7) is 9.39. The van der Waals surface area contributed by atoms with Gasteiger partial charge in [0.1, 0.15) is 0 Å². The van der Waals surface area contributed by atoms with Crippen LogP contribution in [-0.2, 0) is 0 Å². The van der Waals surface area contributed by atoms with Crippen molar-refractivity contribution in [1.29, 1.82) is 0 Å². The van der Waals surface area contributed by atoms with E-state index in [9.17, 15) is 0 Å². The Balaban J connectivity index is 0. The third-order valence-corrected chi connectivity index (χ3v) is 1.78. The first kappa shape index (κ1) is 14.5. The maximum absolute atomic E-state index is 3.79. The molecule has 0 rings (SSSR count). The molecule has 0 aromatic carbocycles. The van der Waals surface area contributed by atoms with E-state index in [0.29, 0.717) is 6.04 Å². The van der Waals surface area contributed by atoms with E-state index in [4.69, 9.17) is 0 Å². The summed E-state index contributed by atoms with van der Waals surface area (Å²) in [5, 5.41) is 3.44. The fourth-order valence-corrected chi connectivity index (χ4v) is 0.795. The molecule has 0 aliphatic rings. The van der Waals surface area contributed by atoms with Gasteiger partial charge in [-0.2, -0.15) is 6.42 Å². The topological polar surface area (TPSA) is 12.0 Å². The molecule has 0 aliphatic heterocycles. The van der Waals surface area contributed by atoms with Crippen molar-refractivity contribution in [1.82, 2.24) is 5.32 Å². The number of hydrogen-bond donors (Lipinski definition) is 1. The Labute approximate surface area is 95.1 Å². The molecule has 11 heavy (non-hydrogen) atoms. The van der Waals surface area contributed by atoms with Crippen molar-refractivity contribution >= 4 is 0 Å². The monoisotopic (exact) mass is 380 g/mol. The van der Waals surface area contributed by atoms with E-state index in [1.54, 1.807) is 0 Å². The molecule has 0 aliphatic carbocycles. The van der Waals surface area contributed by atoms with Crippen LogP contribution in [0.1, 0.15) is 39.5 Å². The third-order valence-electron chi connectivity index (χ3n) is 1.78. The van der Waals surface area contributed by atoms with Gasteiger partial charge in [0.25, 0.3) is 0 Å². The SMILES string of the molecule is [CH2-]CCCCNC(C)CC.[U]. The Bertz CT molecular complexity index is 66.6. The van der Waals surface area contributed by atoms with Gasteiger partial charge in [0.05, 0.1) is 0 Å². The smallest absolute Gasteiger partial charge is 0.00360 e. The van der Waals surface area contributed by atoms with E-state index in [0.717, 1.165) is 13.0 Å². The van der Waals surface area contributed by atoms with Crippen LogP contribution in [0.5, 0.6) is 0 Å². The summed E-state index contributed by atoms with van der Waals surface area (Å²) in [7, 11) is 0. The Kier molecular flexibility index (Phi) is 14.5. The average molecular weight is 380 g/mol. The molecule has 0 bridgehead atoms. The van der Waals surface area contributed by atoms with Crippen LogP contribution in [0.25, 0.3) is 0 Å². The summed E-state index contributed by atoms with van der Waals surface area (Å²) >= 11 is 0. The minimum atomic E-state index is 0. The van der Waals surface area contributed by atoms with Crippen LogP contribution in [0.2, 0.25) is 0 Å². The maximum Gasteiger partial charge on any atom is 0.00360 e. The average Bonchev–Trinajstić information content (AvgIpc) is 1.98. The Morgan fingerprint density at radius 3 is 2.45 bits per heavy atom. The number of hydrogen-bond acceptors (Lipinski definition) is 1. The van der Waals surface area contributed by atoms with Gasteiger partial charge in [-0.3, -0.25) is 0 Å². The van der Waals surface area contributed by atoms with Crippen molar-refractivity contribution in [2.45, 2.75) is 45.6 Å². The van der Waals surface area contributed by atoms with Crippen molar-refractivity contribution in [3.05, 3.63) is 6.92 Å². The molecule has 0 heterocycles. The van der Waals surface area contributed by atoms with Crippen molar-refractivity contribution < 1.29 is 31.1 Å². The van der Waals surface area contributed by atoms with E-state index < -0.39 is 0 Å². The van der Waals surface area contributed by atoms with Gasteiger partial charge in [0.15, 0.2) is 0 Å². The van der Waals surface area contributed by atoms with Gasteiger partial charge in [0.2, 0.25) is 0 Å². The van der Waals surface area contributed by atoms with E-state index in [1.807, 2.05) is 0 Å². The Morgan fingerprint density at radius 2 is 2.00 bits per heavy atom. The second-order valence-electron chi connectivity index (χ2n) is 2.82. The number of unbranched alkanes of at least 4 members (excludes halogenated alkanes) is 2. The minimum absolute atomic E-state index is 0. The standard InChI is InChI=1S/C9H20N.U/c1-4-6-7-8-10-9(3)5-2;/h9-10H,1,4-8H2,2-3H3;/q-1;. The van der Waals surface area contributed by atoms with Crippen molar-refractivity contribution in [3.63, 3.8) is 0 Å². The van der Waals surface area contributed by atoms with Crippen LogP contribution in [-0.4, -0.2) is 12.6 Å². The van der Waals surface area contributed by atoms with Crippen molar-refractivity contribution in [2.75, 3.05) is 6.54 Å². The van der Waals surface area contributed by atoms with Gasteiger partial charge in [0, 0.05) is 37.2 Å². The van der Waals surface area contributed by atoms with Gasteiger partial charge in [-0.25, -0.2) is 0 Å². The molecule has 0 spiro atoms. The predicted octanol–water partition coefficient (Wildman–Crippen LogP) is 2.38. The van der Waals surface area contributed by atoms with Crippen LogP contribution in [0, 0.1) is 38.0 Å². The maximum atomic E-state index is 3.79. The van der Waals surface area contributed by atoms with Gasteiger partial charge >= 0.3 is 0 Å². The van der Waals surface area contributed by atoms with E-state index in [-0.39, 0.29) is 31.1 Å². The van der Waals surface area contributed by atoms with Crippen molar-refractivity contribution in [2.24, 2.45) is 0 Å². The molecule has 1 nitrogen and oxygen atoms in total. The van der Waals surface area contributed by atoms with Gasteiger partial charge in [-0.05, 0) is 26.3 Å². The molecule has 0 saturated carbocycles. The summed E-state index contributed by atoms with van der Waals surface area (Å²) < 4.78 is 0. The summed E-state index contributed by atoms with van der Waals surface area (Å²) in [6, 6.07) is 0.685. The molecular formula is C9H20NU-. The second kappa shape index (κ2) is 11.0. The third kappa shape index (κ3) is 11.0. The van der Waals surface area contributed by atoms with Crippen LogP contribution in [0.4, 0.5) is 0 Å². The van der Waals surface area contributed by atoms with E-state index in [2.05, 4.69) is 26.1 Å². The van der Waals surface area contributed by atoms with Crippen LogP contribution < -0.4 is 5.32 Å². The second-order valence-corrected chi connectivity index (χ2v) is 2.82. The first-order valence-corrected chi connectivity index (χ1v) is 4.33. The Hall–Kier alpha value is 1.01. The van der Waals surface area contributed by atoms with E-state index in [1.165, 1.54) is 19.3 Å². The normalized spacial score (nSPS) is 12.3. The molecule has 0 aromatic heterocycles. The molecule has 0 fully saturated rings. The number of rotatable bonds is 6. The van der Waals surface area contributed by atoms with Gasteiger partial charge in [-0.1, -0.05) is 13.3 Å². The molecule has 66 valence electrons. The fraction of sp³-hybridized carbons (Fsp3) is 0.889. The molecule has 1 N–H and O–H groups in total. The predicted molar refractivity (Wildman–Crippen MR) is 47.0 cm³/mol. The molecule has 2 heteroatoms. The summed E-state index contributed by atoms with van der Waals surface area (Å²) in [6.07, 6.45) is 4.82. The zero-order valence-electron chi connectivity index (χ0n) is 7.82. The summed E-state index contributed by atoms with van der Waals surface area (Å²) in [5.41, 5.74) is 0. The van der Waals surface area contributed by atoms with Crippen molar-refractivity contribution in [3.8, 4) is 0 Å². The zero-order valence-corrected chi connectivity index (χ0v) is 12.0. The van der Waals surface area contributed by atoms with Crippen LogP contribution in [0.3, 0.4) is 0 Å². The molecule has 0 radical (unpaired) electrons. The molecule has 1 unspecified atom stereocenters. The Morgan fingerprint density at radius 1 is 1.36 bits per heavy atom. The molecule has 0 aromatic rings. The van der Waals surface area contributed by atoms with Gasteiger partial charge in [-0.15, -0.1) is 0 Å². The fourth-order valence-electron chi connectivity index (χ4n) is 0.795. The summed E-state index contributed by atoms with van der Waals surface area (Å²) in [5.74, 6) is 0. The molecule has 1 atom stereocenters. The molecule has 0 amide bonds. The largest absolute Gasteiger partial charge is 0.343 e. The first-order valence-electron chi connectivity index (χ1n) is 4.33. The number of nitrogens with one attached hydrogen (secondary N) is 1. The van der Waals surface area contributed by atoms with Crippen LogP contribution in [0.15, 0.2) is 0 Å². The zero-order chi connectivity index (χ0) is 7.82. The molecule has 0 saturated heterocycles. The van der Waals surface area contributed by atoms with E-state index >= 15 is 0 Å². The quantitative estimate of drug-likeness (QED) is 0.551. The molecular weight excluding hydrogens is 360 g/mol. The van der Waals surface area contributed by atoms with Gasteiger partial charge < -0.3 is 12.2 Å². The summed E-state index contributed by atoms with van der Waals surface area (Å²) in [4.78, 5) is 0. The first-order chi connectivity index (χ1) is 4.81. The van der Waals surface area contributed by atoms with Crippen LogP contribution >= 0.6 is 0 Å². The minimum Gasteiger partial charge on any atom is -0.343 e.